The minimum Gasteiger partial charge on any atom is -0.490 e. The van der Waals surface area contributed by atoms with Crippen LogP contribution < -0.4 is 14.8 Å². The molecule has 41 heavy (non-hydrogen) atoms. The highest BCUT2D eigenvalue weighted by Gasteiger charge is 2.21. The Balaban J connectivity index is 1.29. The Hall–Kier alpha value is -4.26. The number of amides is 1. The van der Waals surface area contributed by atoms with Gasteiger partial charge in [-0.3, -0.25) is 4.79 Å². The fraction of sp³-hybridized carbons (Fsp3) is 0.294. The van der Waals surface area contributed by atoms with Gasteiger partial charge in [-0.05, 0) is 118 Å². The fourth-order valence-electron chi connectivity index (χ4n) is 5.68. The summed E-state index contributed by atoms with van der Waals surface area (Å²) in [6.07, 6.45) is 10.3. The summed E-state index contributed by atoms with van der Waals surface area (Å²) in [5, 5.41) is 3.00. The molecule has 2 saturated carbocycles. The maximum Gasteiger partial charge on any atom is 0.255 e. The lowest BCUT2D eigenvalue weighted by atomic mass is 10.0. The summed E-state index contributed by atoms with van der Waals surface area (Å²) >= 11 is 0. The Morgan fingerprint density at radius 3 is 1.90 bits per heavy atom. The number of aromatic nitrogens is 1. The lowest BCUT2D eigenvalue weighted by Crippen LogP contribution is -2.15. The molecule has 0 unspecified atom stereocenters. The smallest absolute Gasteiger partial charge is 0.255 e. The molecule has 2 fully saturated rings. The van der Waals surface area contributed by atoms with Gasteiger partial charge in [-0.1, -0.05) is 12.1 Å². The van der Waals surface area contributed by atoms with Crippen LogP contribution in [0.25, 0.3) is 22.3 Å². The number of carbonyl (C=O) groups is 1. The van der Waals surface area contributed by atoms with E-state index in [-0.39, 0.29) is 23.9 Å². The fourth-order valence-corrected chi connectivity index (χ4v) is 5.68. The molecule has 1 aromatic heterocycles. The Morgan fingerprint density at radius 2 is 1.29 bits per heavy atom. The van der Waals surface area contributed by atoms with Gasteiger partial charge in [0.05, 0.1) is 12.2 Å². The zero-order valence-electron chi connectivity index (χ0n) is 22.7. The third kappa shape index (κ3) is 6.40. The van der Waals surface area contributed by atoms with Crippen molar-refractivity contribution in [2.24, 2.45) is 0 Å². The molecular formula is C34H32F2N2O3. The van der Waals surface area contributed by atoms with Gasteiger partial charge >= 0.3 is 0 Å². The summed E-state index contributed by atoms with van der Waals surface area (Å²) in [7, 11) is 0. The molecule has 0 bridgehead atoms. The topological polar surface area (TPSA) is 60.5 Å². The first-order valence-corrected chi connectivity index (χ1v) is 14.3. The number of carbonyl (C=O) groups excluding carboxylic acids is 1. The highest BCUT2D eigenvalue weighted by molar-refractivity contribution is 6.05. The van der Waals surface area contributed by atoms with Crippen LogP contribution in [0.5, 0.6) is 11.5 Å². The second-order valence-electron chi connectivity index (χ2n) is 10.8. The highest BCUT2D eigenvalue weighted by Crippen LogP contribution is 2.37. The van der Waals surface area contributed by atoms with E-state index in [9.17, 15) is 13.6 Å². The molecule has 0 saturated heterocycles. The van der Waals surface area contributed by atoms with Gasteiger partial charge in [0.25, 0.3) is 5.91 Å². The number of anilines is 1. The van der Waals surface area contributed by atoms with Crippen LogP contribution in [0.15, 0.2) is 79.0 Å². The third-order valence-corrected chi connectivity index (χ3v) is 7.86. The third-order valence-electron chi connectivity index (χ3n) is 7.86. The van der Waals surface area contributed by atoms with Crippen LogP contribution in [-0.4, -0.2) is 23.1 Å². The number of hydrogen-bond donors (Lipinski definition) is 1. The Labute approximate surface area is 238 Å². The molecule has 1 heterocycles. The second-order valence-corrected chi connectivity index (χ2v) is 10.8. The second kappa shape index (κ2) is 12.1. The normalized spacial score (nSPS) is 15.7. The monoisotopic (exact) mass is 554 g/mol. The van der Waals surface area contributed by atoms with Crippen LogP contribution >= 0.6 is 0 Å². The molecular weight excluding hydrogens is 522 g/mol. The minimum absolute atomic E-state index is 0.122. The molecule has 6 rings (SSSR count). The summed E-state index contributed by atoms with van der Waals surface area (Å²) in [6, 6.07) is 20.0. The number of halogens is 2. The van der Waals surface area contributed by atoms with Crippen molar-refractivity contribution in [1.29, 1.82) is 0 Å². The summed E-state index contributed by atoms with van der Waals surface area (Å²) < 4.78 is 39.8. The van der Waals surface area contributed by atoms with Crippen LogP contribution in [0.2, 0.25) is 0 Å². The SMILES string of the molecule is O=C(Nc1ccc(OC2CCCC2)c(-c2ccc(F)cc2)c1)c1ccc(OC2CCCC2)c(-c2ccc(F)nc2)c1. The largest absolute Gasteiger partial charge is 0.490 e. The van der Waals surface area contributed by atoms with Gasteiger partial charge in [0.2, 0.25) is 5.95 Å². The number of benzene rings is 3. The van der Waals surface area contributed by atoms with E-state index in [4.69, 9.17) is 9.47 Å². The molecule has 210 valence electrons. The molecule has 1 amide bonds. The first-order chi connectivity index (χ1) is 20.0. The van der Waals surface area contributed by atoms with Crippen molar-refractivity contribution in [2.75, 3.05) is 5.32 Å². The van der Waals surface area contributed by atoms with Crippen molar-refractivity contribution in [2.45, 2.75) is 63.6 Å². The van der Waals surface area contributed by atoms with Crippen LogP contribution in [-0.2, 0) is 0 Å². The van der Waals surface area contributed by atoms with E-state index in [0.717, 1.165) is 62.5 Å². The summed E-state index contributed by atoms with van der Waals surface area (Å²) in [5.74, 6) is 0.167. The maximum atomic E-state index is 13.7. The number of hydrogen-bond acceptors (Lipinski definition) is 4. The van der Waals surface area contributed by atoms with Crippen molar-refractivity contribution in [3.8, 4) is 33.8 Å². The van der Waals surface area contributed by atoms with Gasteiger partial charge in [0.1, 0.15) is 17.3 Å². The van der Waals surface area contributed by atoms with Crippen LogP contribution in [0.1, 0.15) is 61.7 Å². The van der Waals surface area contributed by atoms with Crippen molar-refractivity contribution in [3.05, 3.63) is 96.3 Å². The summed E-state index contributed by atoms with van der Waals surface area (Å²) in [4.78, 5) is 17.3. The molecule has 0 atom stereocenters. The molecule has 7 heteroatoms. The van der Waals surface area contributed by atoms with E-state index in [1.165, 1.54) is 24.4 Å². The predicted octanol–water partition coefficient (Wildman–Crippen LogP) is 8.59. The zero-order valence-corrected chi connectivity index (χ0v) is 22.7. The summed E-state index contributed by atoms with van der Waals surface area (Å²) in [5.41, 5.74) is 3.95. The number of ether oxygens (including phenoxy) is 2. The van der Waals surface area contributed by atoms with Gasteiger partial charge in [-0.25, -0.2) is 9.37 Å². The van der Waals surface area contributed by atoms with E-state index in [0.29, 0.717) is 33.9 Å². The Morgan fingerprint density at radius 1 is 0.707 bits per heavy atom. The Kier molecular flexibility index (Phi) is 7.94. The average Bonchev–Trinajstić information content (AvgIpc) is 3.70. The lowest BCUT2D eigenvalue weighted by molar-refractivity contribution is 0.102. The highest BCUT2D eigenvalue weighted by atomic mass is 19.1. The van der Waals surface area contributed by atoms with E-state index in [1.807, 2.05) is 18.2 Å². The number of pyridine rings is 1. The summed E-state index contributed by atoms with van der Waals surface area (Å²) in [6.45, 7) is 0. The molecule has 0 aliphatic heterocycles. The van der Waals surface area contributed by atoms with E-state index in [1.54, 1.807) is 36.4 Å². The molecule has 1 N–H and O–H groups in total. The van der Waals surface area contributed by atoms with Gasteiger partial charge in [-0.2, -0.15) is 4.39 Å². The molecule has 2 aliphatic rings. The minimum atomic E-state index is -0.571. The van der Waals surface area contributed by atoms with E-state index < -0.39 is 5.95 Å². The van der Waals surface area contributed by atoms with E-state index in [2.05, 4.69) is 10.3 Å². The van der Waals surface area contributed by atoms with Crippen LogP contribution in [0.3, 0.4) is 0 Å². The van der Waals surface area contributed by atoms with Crippen LogP contribution in [0.4, 0.5) is 14.5 Å². The Bertz CT molecular complexity index is 1510. The first-order valence-electron chi connectivity index (χ1n) is 14.3. The van der Waals surface area contributed by atoms with Gasteiger partial charge in [-0.15, -0.1) is 0 Å². The molecule has 2 aliphatic carbocycles. The van der Waals surface area contributed by atoms with Gasteiger partial charge in [0.15, 0.2) is 0 Å². The number of nitrogens with zero attached hydrogens (tertiary/aromatic N) is 1. The van der Waals surface area contributed by atoms with Gasteiger partial charge < -0.3 is 14.8 Å². The molecule has 4 aromatic rings. The standard InChI is InChI=1S/C34H32F2N2O3/c35-25-13-9-22(10-14-25)30-20-26(15-17-32(30)41-28-7-3-4-8-28)38-34(39)23-11-16-31(40-27-5-1-2-6-27)29(19-23)24-12-18-33(36)37-21-24/h9-21,27-28H,1-8H2,(H,38,39). The molecule has 0 radical (unpaired) electrons. The average molecular weight is 555 g/mol. The first kappa shape index (κ1) is 26.9. The number of rotatable bonds is 8. The molecule has 0 spiro atoms. The van der Waals surface area contributed by atoms with Crippen molar-refractivity contribution in [3.63, 3.8) is 0 Å². The van der Waals surface area contributed by atoms with Crippen molar-refractivity contribution < 1.29 is 23.0 Å². The van der Waals surface area contributed by atoms with E-state index >= 15 is 0 Å². The van der Waals surface area contributed by atoms with Crippen molar-refractivity contribution in [1.82, 2.24) is 4.98 Å². The zero-order chi connectivity index (χ0) is 28.2. The predicted molar refractivity (Wildman–Crippen MR) is 155 cm³/mol. The van der Waals surface area contributed by atoms with Crippen LogP contribution in [0, 0.1) is 11.8 Å². The lowest BCUT2D eigenvalue weighted by Gasteiger charge is -2.19. The molecule has 3 aromatic carbocycles. The molecule has 5 nitrogen and oxygen atoms in total. The van der Waals surface area contributed by atoms with Gasteiger partial charge in [0, 0.05) is 34.1 Å². The quantitative estimate of drug-likeness (QED) is 0.222. The maximum absolute atomic E-state index is 13.7. The van der Waals surface area contributed by atoms with Crippen molar-refractivity contribution >= 4 is 11.6 Å². The number of nitrogens with one attached hydrogen (secondary N) is 1.